The van der Waals surface area contributed by atoms with Crippen LogP contribution in [0.4, 0.5) is 10.5 Å². The molecule has 0 atom stereocenters. The third kappa shape index (κ3) is 3.73. The molecule has 0 saturated carbocycles. The lowest BCUT2D eigenvalue weighted by molar-refractivity contribution is 0.167. The Morgan fingerprint density at radius 1 is 1.25 bits per heavy atom. The molecule has 2 amide bonds. The number of para-hydroxylation sites is 1. The van der Waals surface area contributed by atoms with Crippen LogP contribution in [0.25, 0.3) is 10.9 Å². The summed E-state index contributed by atoms with van der Waals surface area (Å²) in [6.45, 7) is 10.0. The first-order valence-electron chi connectivity index (χ1n) is 8.10. The summed E-state index contributed by atoms with van der Waals surface area (Å²) in [4.78, 5) is 13.2. The van der Waals surface area contributed by atoms with E-state index < -0.39 is 6.03 Å². The number of carbonyl (C=O) groups excluding carboxylic acids is 1. The molecule has 24 heavy (non-hydrogen) atoms. The van der Waals surface area contributed by atoms with Crippen molar-refractivity contribution in [2.75, 3.05) is 6.54 Å². The fourth-order valence-electron chi connectivity index (χ4n) is 3.02. The number of aromatic nitrogens is 1. The summed E-state index contributed by atoms with van der Waals surface area (Å²) >= 11 is 0. The number of hydrogen-bond donors (Lipinski definition) is 2. The number of amides is 2. The molecule has 1 heterocycles. The number of fused-ring (bicyclic) bond motifs is 1. The van der Waals surface area contributed by atoms with Crippen molar-refractivity contribution in [3.8, 4) is 5.88 Å². The van der Waals surface area contributed by atoms with E-state index in [0.717, 1.165) is 17.4 Å². The molecule has 0 aliphatic carbocycles. The van der Waals surface area contributed by atoms with Gasteiger partial charge in [0.15, 0.2) is 5.69 Å². The van der Waals surface area contributed by atoms with Gasteiger partial charge < -0.3 is 15.4 Å². The van der Waals surface area contributed by atoms with Gasteiger partial charge in [0.2, 0.25) is 5.88 Å². The number of nitrogens with zero attached hydrogens (tertiary/aromatic N) is 4. The number of hydrogen-bond acceptors (Lipinski definition) is 4. The van der Waals surface area contributed by atoms with Crippen molar-refractivity contribution < 1.29 is 9.90 Å². The number of aromatic hydroxyl groups is 1. The van der Waals surface area contributed by atoms with Crippen LogP contribution in [0.15, 0.2) is 34.5 Å². The van der Waals surface area contributed by atoms with Crippen molar-refractivity contribution in [3.63, 3.8) is 0 Å². The van der Waals surface area contributed by atoms with E-state index in [9.17, 15) is 9.90 Å². The van der Waals surface area contributed by atoms with Crippen molar-refractivity contribution in [1.29, 1.82) is 0 Å². The Labute approximate surface area is 141 Å². The monoisotopic (exact) mass is 331 g/mol. The van der Waals surface area contributed by atoms with E-state index in [-0.39, 0.29) is 11.6 Å². The number of urea groups is 1. The molecule has 130 valence electrons. The predicted octanol–water partition coefficient (Wildman–Crippen LogP) is 3.63. The van der Waals surface area contributed by atoms with E-state index in [2.05, 4.69) is 42.8 Å². The number of azo groups is 1. The molecular formula is C17H25N5O2. The van der Waals surface area contributed by atoms with Crippen LogP contribution in [-0.4, -0.2) is 39.2 Å². The van der Waals surface area contributed by atoms with Crippen LogP contribution in [-0.2, 0) is 6.54 Å². The molecule has 0 fully saturated rings. The zero-order valence-electron chi connectivity index (χ0n) is 14.6. The summed E-state index contributed by atoms with van der Waals surface area (Å²) in [5.74, 6) is -0.00587. The highest BCUT2D eigenvalue weighted by Gasteiger charge is 2.19. The van der Waals surface area contributed by atoms with Gasteiger partial charge >= 0.3 is 6.03 Å². The lowest BCUT2D eigenvalue weighted by atomic mass is 10.2. The maximum absolute atomic E-state index is 10.9. The van der Waals surface area contributed by atoms with Crippen molar-refractivity contribution in [3.05, 3.63) is 24.3 Å². The van der Waals surface area contributed by atoms with Gasteiger partial charge in [-0.25, -0.2) is 4.79 Å². The highest BCUT2D eigenvalue weighted by atomic mass is 16.3. The normalized spacial score (nSPS) is 12.3. The zero-order chi connectivity index (χ0) is 17.9. The topological polar surface area (TPSA) is 96.2 Å². The first-order valence-corrected chi connectivity index (χ1v) is 8.10. The summed E-state index contributed by atoms with van der Waals surface area (Å²) in [6.07, 6.45) is 0. The minimum atomic E-state index is -0.892. The van der Waals surface area contributed by atoms with Crippen LogP contribution in [0.1, 0.15) is 27.7 Å². The van der Waals surface area contributed by atoms with Crippen molar-refractivity contribution >= 4 is 22.6 Å². The molecule has 1 aromatic heterocycles. The third-order valence-electron chi connectivity index (χ3n) is 4.07. The highest BCUT2D eigenvalue weighted by molar-refractivity contribution is 5.95. The largest absolute Gasteiger partial charge is 0.493 e. The maximum Gasteiger partial charge on any atom is 0.356 e. The van der Waals surface area contributed by atoms with Crippen molar-refractivity contribution in [1.82, 2.24) is 9.47 Å². The Bertz CT molecular complexity index is 741. The summed E-state index contributed by atoms with van der Waals surface area (Å²) in [5.41, 5.74) is 6.13. The Hall–Kier alpha value is -2.41. The van der Waals surface area contributed by atoms with E-state index in [1.165, 1.54) is 0 Å². The average Bonchev–Trinajstić information content (AvgIpc) is 2.77. The SMILES string of the molecule is CC(C)N(CCn1c(O)c(N=NC(N)=O)c2ccccc21)C(C)C. The second kappa shape index (κ2) is 7.44. The smallest absolute Gasteiger partial charge is 0.356 e. The molecule has 0 unspecified atom stereocenters. The molecule has 0 bridgehead atoms. The molecule has 2 rings (SSSR count). The van der Waals surface area contributed by atoms with Crippen LogP contribution in [0, 0.1) is 0 Å². The van der Waals surface area contributed by atoms with Gasteiger partial charge in [0, 0.05) is 30.6 Å². The van der Waals surface area contributed by atoms with Crippen LogP contribution in [0.5, 0.6) is 5.88 Å². The van der Waals surface area contributed by atoms with Crippen molar-refractivity contribution in [2.45, 2.75) is 46.3 Å². The molecule has 0 saturated heterocycles. The summed E-state index contributed by atoms with van der Waals surface area (Å²) < 4.78 is 1.79. The number of nitrogens with two attached hydrogens (primary N) is 1. The molecule has 2 aromatic rings. The highest BCUT2D eigenvalue weighted by Crippen LogP contribution is 2.38. The van der Waals surface area contributed by atoms with E-state index in [0.29, 0.717) is 18.6 Å². The van der Waals surface area contributed by atoms with Gasteiger partial charge in [0.05, 0.1) is 5.52 Å². The lowest BCUT2D eigenvalue weighted by Crippen LogP contribution is -2.39. The minimum absolute atomic E-state index is 0.00587. The zero-order valence-corrected chi connectivity index (χ0v) is 14.6. The predicted molar refractivity (Wildman–Crippen MR) is 94.7 cm³/mol. The van der Waals surface area contributed by atoms with Crippen LogP contribution < -0.4 is 5.73 Å². The standard InChI is InChI=1S/C17H25N5O2/c1-11(2)21(12(3)4)9-10-22-14-8-6-5-7-13(14)15(16(22)23)19-20-17(18)24/h5-8,11-12,23H,9-10H2,1-4H3,(H2,18,24). The van der Waals surface area contributed by atoms with Gasteiger partial charge in [-0.2, -0.15) is 0 Å². The molecule has 0 radical (unpaired) electrons. The average molecular weight is 331 g/mol. The molecule has 0 aliphatic rings. The first kappa shape index (κ1) is 17.9. The van der Waals surface area contributed by atoms with Crippen LogP contribution in [0.3, 0.4) is 0 Å². The minimum Gasteiger partial charge on any atom is -0.493 e. The van der Waals surface area contributed by atoms with Gasteiger partial charge in [0.1, 0.15) is 0 Å². The molecule has 1 aromatic carbocycles. The summed E-state index contributed by atoms with van der Waals surface area (Å²) in [5, 5.41) is 18.5. The van der Waals surface area contributed by atoms with E-state index in [4.69, 9.17) is 5.73 Å². The fraction of sp³-hybridized carbons (Fsp3) is 0.471. The van der Waals surface area contributed by atoms with Crippen molar-refractivity contribution in [2.24, 2.45) is 16.0 Å². The Kier molecular flexibility index (Phi) is 5.56. The second-order valence-electron chi connectivity index (χ2n) is 6.30. The van der Waals surface area contributed by atoms with Crippen LogP contribution in [0.2, 0.25) is 0 Å². The molecule has 3 N–H and O–H groups in total. The van der Waals surface area contributed by atoms with Gasteiger partial charge in [-0.15, -0.1) is 5.11 Å². The lowest BCUT2D eigenvalue weighted by Gasteiger charge is -2.30. The van der Waals surface area contributed by atoms with E-state index in [1.54, 1.807) is 4.57 Å². The molecule has 0 spiro atoms. The fourth-order valence-corrected chi connectivity index (χ4v) is 3.02. The van der Waals surface area contributed by atoms with Gasteiger partial charge in [-0.05, 0) is 33.8 Å². The summed E-state index contributed by atoms with van der Waals surface area (Å²) in [6, 6.07) is 7.42. The van der Waals surface area contributed by atoms with Gasteiger partial charge in [0.25, 0.3) is 0 Å². The third-order valence-corrected chi connectivity index (χ3v) is 4.07. The molecule has 7 nitrogen and oxygen atoms in total. The summed E-state index contributed by atoms with van der Waals surface area (Å²) in [7, 11) is 0. The second-order valence-corrected chi connectivity index (χ2v) is 6.30. The van der Waals surface area contributed by atoms with Crippen LogP contribution >= 0.6 is 0 Å². The number of rotatable bonds is 6. The first-order chi connectivity index (χ1) is 11.3. The van der Waals surface area contributed by atoms with Gasteiger partial charge in [-0.3, -0.25) is 4.90 Å². The van der Waals surface area contributed by atoms with E-state index >= 15 is 0 Å². The number of benzene rings is 1. The quantitative estimate of drug-likeness (QED) is 0.791. The molecule has 0 aliphatic heterocycles. The number of primary amides is 1. The Balaban J connectivity index is 2.40. The number of carbonyl (C=O) groups is 1. The molecular weight excluding hydrogens is 306 g/mol. The van der Waals surface area contributed by atoms with Gasteiger partial charge in [-0.1, -0.05) is 23.3 Å². The maximum atomic E-state index is 10.9. The van der Waals surface area contributed by atoms with E-state index in [1.807, 2.05) is 24.3 Å². The molecule has 7 heteroatoms. The Morgan fingerprint density at radius 3 is 2.46 bits per heavy atom. The Morgan fingerprint density at radius 2 is 1.88 bits per heavy atom.